The molecule has 53 heavy (non-hydrogen) atoms. The fraction of sp³-hybridized carbons (Fsp3) is 0. The molecule has 248 valence electrons. The molecule has 0 aliphatic heterocycles. The summed E-state index contributed by atoms with van der Waals surface area (Å²) in [5, 5.41) is 2.95. The first-order valence-electron chi connectivity index (χ1n) is 19.9. The minimum atomic E-state index is -0.440. The molecule has 0 N–H and O–H groups in total. The maximum absolute atomic E-state index is 8.92. The van der Waals surface area contributed by atoms with Gasteiger partial charge in [0.2, 0.25) is 0 Å². The Morgan fingerprint density at radius 3 is 1.85 bits per heavy atom. The second-order valence-corrected chi connectivity index (χ2v) is 12.9. The SMILES string of the molecule is [2H]c1c([2H])c([2H])c(-c2cc(-c3ccc(-c4nc5ccccn5c4-c4ccccc4)cc3)cc(-c3nc(-c4ccccc4)c4ccc5ccccc5c4n3)c2)c([2H])c1[2H]. The molecule has 10 aromatic rings. The molecule has 10 rings (SSSR count). The van der Waals surface area contributed by atoms with Crippen molar-refractivity contribution in [1.82, 2.24) is 19.4 Å². The number of benzene rings is 7. The number of hydrogen-bond acceptors (Lipinski definition) is 3. The lowest BCUT2D eigenvalue weighted by molar-refractivity contribution is 1.19. The molecule has 0 saturated heterocycles. The predicted molar refractivity (Wildman–Crippen MR) is 218 cm³/mol. The summed E-state index contributed by atoms with van der Waals surface area (Å²) < 4.78 is 45.2. The van der Waals surface area contributed by atoms with Gasteiger partial charge < -0.3 is 0 Å². The molecule has 3 aromatic heterocycles. The quantitative estimate of drug-likeness (QED) is 0.164. The van der Waals surface area contributed by atoms with Crippen molar-refractivity contribution in [2.75, 3.05) is 0 Å². The molecule has 0 unspecified atom stereocenters. The third-order valence-electron chi connectivity index (χ3n) is 9.69. The number of pyridine rings is 1. The summed E-state index contributed by atoms with van der Waals surface area (Å²) in [6.07, 6.45) is 2.02. The highest BCUT2D eigenvalue weighted by Crippen LogP contribution is 2.38. The van der Waals surface area contributed by atoms with Crippen molar-refractivity contribution in [2.24, 2.45) is 0 Å². The van der Waals surface area contributed by atoms with Crippen LogP contribution in [-0.2, 0) is 0 Å². The van der Waals surface area contributed by atoms with Gasteiger partial charge in [-0.15, -0.1) is 0 Å². The fourth-order valence-electron chi connectivity index (χ4n) is 7.16. The third-order valence-corrected chi connectivity index (χ3v) is 9.69. The normalized spacial score (nSPS) is 12.7. The smallest absolute Gasteiger partial charge is 0.160 e. The van der Waals surface area contributed by atoms with E-state index in [2.05, 4.69) is 40.8 Å². The highest BCUT2D eigenvalue weighted by Gasteiger charge is 2.18. The second kappa shape index (κ2) is 12.9. The van der Waals surface area contributed by atoms with E-state index >= 15 is 0 Å². The van der Waals surface area contributed by atoms with Gasteiger partial charge in [0, 0.05) is 39.2 Å². The van der Waals surface area contributed by atoms with Crippen molar-refractivity contribution in [2.45, 2.75) is 0 Å². The van der Waals surface area contributed by atoms with E-state index in [1.165, 1.54) is 0 Å². The van der Waals surface area contributed by atoms with Crippen LogP contribution in [-0.4, -0.2) is 19.4 Å². The fourth-order valence-corrected chi connectivity index (χ4v) is 7.16. The van der Waals surface area contributed by atoms with Gasteiger partial charge in [-0.05, 0) is 64.0 Å². The van der Waals surface area contributed by atoms with Gasteiger partial charge in [0.05, 0.1) is 29.5 Å². The molecule has 3 heterocycles. The summed E-state index contributed by atoms with van der Waals surface area (Å²) in [6.45, 7) is 0. The van der Waals surface area contributed by atoms with E-state index in [1.54, 1.807) is 0 Å². The molecular formula is C49H32N4. The Morgan fingerprint density at radius 1 is 0.415 bits per heavy atom. The molecule has 0 amide bonds. The maximum Gasteiger partial charge on any atom is 0.160 e. The molecule has 0 fully saturated rings. The number of nitrogens with zero attached hydrogens (tertiary/aromatic N) is 4. The Bertz CT molecular complexity index is 3190. The summed E-state index contributed by atoms with van der Waals surface area (Å²) in [7, 11) is 0. The van der Waals surface area contributed by atoms with Crippen molar-refractivity contribution in [3.63, 3.8) is 0 Å². The molecular weight excluding hydrogens is 645 g/mol. The topological polar surface area (TPSA) is 43.1 Å². The van der Waals surface area contributed by atoms with Crippen LogP contribution in [0, 0.1) is 0 Å². The van der Waals surface area contributed by atoms with Gasteiger partial charge in [0.25, 0.3) is 0 Å². The minimum Gasteiger partial charge on any atom is -0.299 e. The summed E-state index contributed by atoms with van der Waals surface area (Å²) in [6, 6.07) is 50.6. The van der Waals surface area contributed by atoms with Crippen LogP contribution in [0.25, 0.3) is 94.7 Å². The van der Waals surface area contributed by atoms with E-state index in [1.807, 2.05) is 128 Å². The summed E-state index contributed by atoms with van der Waals surface area (Å²) in [4.78, 5) is 15.5. The van der Waals surface area contributed by atoms with Crippen molar-refractivity contribution in [3.8, 4) is 67.4 Å². The molecule has 0 radical (unpaired) electrons. The standard InChI is InChI=1S/C49H32N4/c1-4-14-33(15-5-1)39-30-40(34-23-25-37(26-24-34)46-48(38-19-8-3-9-20-38)53-29-13-12-22-44(53)50-46)32-41(31-39)49-51-45(36-17-6-2-7-18-36)43-28-27-35-16-10-11-21-42(35)47(43)52-49/h1-32H/i1D,4D,5D,14D,15D. The first kappa shape index (κ1) is 25.7. The van der Waals surface area contributed by atoms with Gasteiger partial charge in [-0.25, -0.2) is 15.0 Å². The Hall–Kier alpha value is -7.17. The van der Waals surface area contributed by atoms with Gasteiger partial charge in [0.1, 0.15) is 5.65 Å². The molecule has 0 saturated carbocycles. The summed E-state index contributed by atoms with van der Waals surface area (Å²) in [5.74, 6) is 0.451. The van der Waals surface area contributed by atoms with E-state index in [0.29, 0.717) is 17.0 Å². The largest absolute Gasteiger partial charge is 0.299 e. The highest BCUT2D eigenvalue weighted by atomic mass is 15.0. The maximum atomic E-state index is 8.92. The average molecular weight is 682 g/mol. The van der Waals surface area contributed by atoms with Crippen LogP contribution in [0.1, 0.15) is 6.85 Å². The van der Waals surface area contributed by atoms with Gasteiger partial charge in [-0.3, -0.25) is 4.40 Å². The molecule has 0 aliphatic rings. The van der Waals surface area contributed by atoms with Gasteiger partial charge in [-0.1, -0.05) is 152 Å². The van der Waals surface area contributed by atoms with Crippen LogP contribution < -0.4 is 0 Å². The molecule has 0 atom stereocenters. The van der Waals surface area contributed by atoms with Crippen molar-refractivity contribution < 1.29 is 6.85 Å². The number of aromatic nitrogens is 4. The van der Waals surface area contributed by atoms with Gasteiger partial charge in [0.15, 0.2) is 5.82 Å². The van der Waals surface area contributed by atoms with Crippen LogP contribution in [0.5, 0.6) is 0 Å². The molecule has 4 nitrogen and oxygen atoms in total. The van der Waals surface area contributed by atoms with E-state index in [4.69, 9.17) is 21.8 Å². The van der Waals surface area contributed by atoms with Gasteiger partial charge in [-0.2, -0.15) is 0 Å². The first-order chi connectivity index (χ1) is 28.3. The summed E-state index contributed by atoms with van der Waals surface area (Å²) >= 11 is 0. The minimum absolute atomic E-state index is 0.109. The van der Waals surface area contributed by atoms with Gasteiger partial charge >= 0.3 is 0 Å². The molecule has 0 bridgehead atoms. The Kier molecular flexibility index (Phi) is 6.24. The predicted octanol–water partition coefficient (Wildman–Crippen LogP) is 12.4. The van der Waals surface area contributed by atoms with Crippen molar-refractivity contribution >= 4 is 27.3 Å². The van der Waals surface area contributed by atoms with Crippen LogP contribution in [0.3, 0.4) is 0 Å². The van der Waals surface area contributed by atoms with E-state index in [9.17, 15) is 0 Å². The van der Waals surface area contributed by atoms with E-state index in [0.717, 1.165) is 72.2 Å². The molecule has 0 aliphatic carbocycles. The molecule has 4 heteroatoms. The number of fused-ring (bicyclic) bond motifs is 4. The lowest BCUT2D eigenvalue weighted by Gasteiger charge is -2.14. The lowest BCUT2D eigenvalue weighted by Crippen LogP contribution is -1.97. The van der Waals surface area contributed by atoms with Crippen molar-refractivity contribution in [1.29, 1.82) is 0 Å². The lowest BCUT2D eigenvalue weighted by atomic mass is 9.94. The zero-order chi connectivity index (χ0) is 39.5. The second-order valence-electron chi connectivity index (χ2n) is 12.9. The highest BCUT2D eigenvalue weighted by molar-refractivity contribution is 6.09. The van der Waals surface area contributed by atoms with Crippen molar-refractivity contribution in [3.05, 3.63) is 194 Å². The molecule has 0 spiro atoms. The molecule has 7 aromatic carbocycles. The first-order valence-corrected chi connectivity index (χ1v) is 17.4. The van der Waals surface area contributed by atoms with E-state index < -0.39 is 18.1 Å². The Labute approximate surface area is 314 Å². The Balaban J connectivity index is 1.19. The Morgan fingerprint density at radius 2 is 1.06 bits per heavy atom. The van der Waals surface area contributed by atoms with Crippen LogP contribution >= 0.6 is 0 Å². The zero-order valence-corrected chi connectivity index (χ0v) is 28.4. The average Bonchev–Trinajstić information content (AvgIpc) is 3.67. The number of rotatable bonds is 6. The van der Waals surface area contributed by atoms with E-state index in [-0.39, 0.29) is 17.6 Å². The van der Waals surface area contributed by atoms with Crippen LogP contribution in [0.15, 0.2) is 194 Å². The number of imidazole rings is 1. The van der Waals surface area contributed by atoms with Crippen LogP contribution in [0.2, 0.25) is 0 Å². The summed E-state index contributed by atoms with van der Waals surface area (Å²) in [5.41, 5.74) is 10.0. The third kappa shape index (κ3) is 5.54. The van der Waals surface area contributed by atoms with Crippen LogP contribution in [0.4, 0.5) is 0 Å². The number of hydrogen-bond donors (Lipinski definition) is 0. The zero-order valence-electron chi connectivity index (χ0n) is 33.4. The monoisotopic (exact) mass is 681 g/mol.